The van der Waals surface area contributed by atoms with Gasteiger partial charge in [0.15, 0.2) is 0 Å². The Kier molecular flexibility index (Phi) is 10.7. The summed E-state index contributed by atoms with van der Waals surface area (Å²) in [5.74, 6) is -3.35. The standard InChI is InChI=1S/C24H28N4O7/c29-18-9-6-16(7-10-18)8-11-20(30)25-14-22(32)28-19(12-17-4-2-1-3-5-17)24(35)27-13-21(31)26-15-23(33)34/h1-7,9-10,19,29H,8,11-15H2,(H,25,30)(H,26,31)(H,27,35)(H,28,32)(H,33,34)/t19-/m0/s1. The number of aromatic hydroxyl groups is 1. The largest absolute Gasteiger partial charge is 0.508 e. The van der Waals surface area contributed by atoms with Crippen LogP contribution < -0.4 is 21.3 Å². The molecule has 2 aromatic carbocycles. The molecule has 11 nitrogen and oxygen atoms in total. The van der Waals surface area contributed by atoms with Gasteiger partial charge in [0, 0.05) is 12.8 Å². The predicted molar refractivity (Wildman–Crippen MR) is 125 cm³/mol. The Balaban J connectivity index is 1.86. The summed E-state index contributed by atoms with van der Waals surface area (Å²) in [5.41, 5.74) is 1.62. The number of hydrogen-bond donors (Lipinski definition) is 6. The second-order valence-electron chi connectivity index (χ2n) is 7.64. The minimum Gasteiger partial charge on any atom is -0.508 e. The molecule has 1 atom stereocenters. The normalized spacial score (nSPS) is 11.1. The number of aliphatic carboxylic acids is 1. The average Bonchev–Trinajstić information content (AvgIpc) is 2.84. The maximum absolute atomic E-state index is 12.6. The smallest absolute Gasteiger partial charge is 0.322 e. The Morgan fingerprint density at radius 2 is 1.34 bits per heavy atom. The number of carbonyl (C=O) groups is 5. The SMILES string of the molecule is O=C(O)CNC(=O)CNC(=O)[C@H](Cc1ccccc1)NC(=O)CNC(=O)CCc1ccc(O)cc1. The molecule has 0 aliphatic carbocycles. The lowest BCUT2D eigenvalue weighted by Gasteiger charge is -2.19. The number of phenolic OH excluding ortho intramolecular Hbond substituents is 1. The number of nitrogens with one attached hydrogen (secondary N) is 4. The van der Waals surface area contributed by atoms with Crippen molar-refractivity contribution >= 4 is 29.6 Å². The summed E-state index contributed by atoms with van der Waals surface area (Å²) < 4.78 is 0. The summed E-state index contributed by atoms with van der Waals surface area (Å²) in [4.78, 5) is 59.3. The van der Waals surface area contributed by atoms with E-state index in [0.717, 1.165) is 11.1 Å². The van der Waals surface area contributed by atoms with Crippen molar-refractivity contribution in [3.05, 3.63) is 65.7 Å². The number of carboxylic acids is 1. The van der Waals surface area contributed by atoms with Gasteiger partial charge in [0.25, 0.3) is 0 Å². The van der Waals surface area contributed by atoms with Gasteiger partial charge in [-0.1, -0.05) is 42.5 Å². The van der Waals surface area contributed by atoms with Crippen LogP contribution in [0.1, 0.15) is 17.5 Å². The fourth-order valence-corrected chi connectivity index (χ4v) is 3.02. The molecule has 2 rings (SSSR count). The first-order valence-corrected chi connectivity index (χ1v) is 10.9. The van der Waals surface area contributed by atoms with E-state index in [2.05, 4.69) is 21.3 Å². The molecule has 6 N–H and O–H groups in total. The molecule has 0 heterocycles. The molecular weight excluding hydrogens is 456 g/mol. The van der Waals surface area contributed by atoms with Gasteiger partial charge in [-0.25, -0.2) is 0 Å². The molecule has 2 aromatic rings. The van der Waals surface area contributed by atoms with E-state index in [-0.39, 0.29) is 31.0 Å². The van der Waals surface area contributed by atoms with E-state index >= 15 is 0 Å². The topological polar surface area (TPSA) is 174 Å². The van der Waals surface area contributed by atoms with Gasteiger partial charge < -0.3 is 31.5 Å². The highest BCUT2D eigenvalue weighted by atomic mass is 16.4. The number of phenols is 1. The van der Waals surface area contributed by atoms with Crippen molar-refractivity contribution in [3.63, 3.8) is 0 Å². The zero-order valence-electron chi connectivity index (χ0n) is 19.0. The first kappa shape index (κ1) is 26.8. The van der Waals surface area contributed by atoms with E-state index in [9.17, 15) is 29.1 Å². The number of carboxylic acid groups (broad SMARTS) is 1. The molecule has 0 aromatic heterocycles. The Hall–Kier alpha value is -4.41. The zero-order chi connectivity index (χ0) is 25.6. The first-order valence-electron chi connectivity index (χ1n) is 10.9. The number of carbonyl (C=O) groups excluding carboxylic acids is 4. The molecule has 0 radical (unpaired) electrons. The molecule has 0 aliphatic rings. The number of benzene rings is 2. The van der Waals surface area contributed by atoms with Crippen molar-refractivity contribution in [1.29, 1.82) is 0 Å². The van der Waals surface area contributed by atoms with Gasteiger partial charge in [-0.2, -0.15) is 0 Å². The van der Waals surface area contributed by atoms with Crippen LogP contribution in [0.15, 0.2) is 54.6 Å². The quantitative estimate of drug-likeness (QED) is 0.222. The predicted octanol–water partition coefficient (Wildman–Crippen LogP) is -0.514. The van der Waals surface area contributed by atoms with Crippen LogP contribution in [0.4, 0.5) is 0 Å². The fraction of sp³-hybridized carbons (Fsp3) is 0.292. The summed E-state index contributed by atoms with van der Waals surface area (Å²) in [6.45, 7) is -1.38. The van der Waals surface area contributed by atoms with Crippen molar-refractivity contribution in [2.45, 2.75) is 25.3 Å². The van der Waals surface area contributed by atoms with Gasteiger partial charge in [-0.3, -0.25) is 24.0 Å². The van der Waals surface area contributed by atoms with Crippen LogP contribution in [-0.4, -0.2) is 65.5 Å². The van der Waals surface area contributed by atoms with E-state index in [4.69, 9.17) is 5.11 Å². The second kappa shape index (κ2) is 14.0. The van der Waals surface area contributed by atoms with Crippen LogP contribution in [-0.2, 0) is 36.8 Å². The van der Waals surface area contributed by atoms with Gasteiger partial charge in [-0.05, 0) is 29.7 Å². The summed E-state index contributed by atoms with van der Waals surface area (Å²) in [6, 6.07) is 14.3. The molecule has 35 heavy (non-hydrogen) atoms. The lowest BCUT2D eigenvalue weighted by Crippen LogP contribution is -2.52. The molecule has 0 unspecified atom stereocenters. The Bertz CT molecular complexity index is 1030. The summed E-state index contributed by atoms with van der Waals surface area (Å²) in [6.07, 6.45) is 0.706. The van der Waals surface area contributed by atoms with E-state index in [1.165, 1.54) is 12.1 Å². The van der Waals surface area contributed by atoms with E-state index < -0.39 is 42.8 Å². The van der Waals surface area contributed by atoms with Gasteiger partial charge in [0.1, 0.15) is 18.3 Å². The van der Waals surface area contributed by atoms with Crippen LogP contribution in [0, 0.1) is 0 Å². The van der Waals surface area contributed by atoms with Crippen LogP contribution in [0.5, 0.6) is 5.75 Å². The maximum Gasteiger partial charge on any atom is 0.322 e. The van der Waals surface area contributed by atoms with Gasteiger partial charge in [0.2, 0.25) is 23.6 Å². The minimum atomic E-state index is -1.22. The lowest BCUT2D eigenvalue weighted by atomic mass is 10.1. The first-order chi connectivity index (χ1) is 16.7. The number of hydrogen-bond acceptors (Lipinski definition) is 6. The van der Waals surface area contributed by atoms with Gasteiger partial charge >= 0.3 is 5.97 Å². The zero-order valence-corrected chi connectivity index (χ0v) is 19.0. The lowest BCUT2D eigenvalue weighted by molar-refractivity contribution is -0.138. The third-order valence-corrected chi connectivity index (χ3v) is 4.82. The van der Waals surface area contributed by atoms with E-state index in [0.29, 0.717) is 6.42 Å². The van der Waals surface area contributed by atoms with Gasteiger partial charge in [0.05, 0.1) is 13.1 Å². The molecule has 0 saturated heterocycles. The molecule has 0 spiro atoms. The van der Waals surface area contributed by atoms with Gasteiger partial charge in [-0.15, -0.1) is 0 Å². The minimum absolute atomic E-state index is 0.129. The molecule has 0 fully saturated rings. The van der Waals surface area contributed by atoms with Crippen LogP contribution in [0.2, 0.25) is 0 Å². The van der Waals surface area contributed by atoms with Crippen molar-refractivity contribution < 1.29 is 34.2 Å². The van der Waals surface area contributed by atoms with Crippen LogP contribution in [0.25, 0.3) is 0 Å². The number of rotatable bonds is 13. The Labute approximate surface area is 201 Å². The van der Waals surface area contributed by atoms with Crippen LogP contribution >= 0.6 is 0 Å². The van der Waals surface area contributed by atoms with E-state index in [1.807, 2.05) is 0 Å². The van der Waals surface area contributed by atoms with Crippen molar-refractivity contribution in [2.75, 3.05) is 19.6 Å². The van der Waals surface area contributed by atoms with Crippen LogP contribution in [0.3, 0.4) is 0 Å². The molecule has 186 valence electrons. The number of amides is 4. The molecular formula is C24H28N4O7. The monoisotopic (exact) mass is 484 g/mol. The molecule has 0 aliphatic heterocycles. The fourth-order valence-electron chi connectivity index (χ4n) is 3.02. The average molecular weight is 485 g/mol. The molecule has 11 heteroatoms. The summed E-state index contributed by atoms with van der Waals surface area (Å²) in [5, 5.41) is 27.4. The molecule has 4 amide bonds. The maximum atomic E-state index is 12.6. The molecule has 0 saturated carbocycles. The summed E-state index contributed by atoms with van der Waals surface area (Å²) >= 11 is 0. The molecule has 0 bridgehead atoms. The highest BCUT2D eigenvalue weighted by Gasteiger charge is 2.22. The van der Waals surface area contributed by atoms with E-state index in [1.54, 1.807) is 42.5 Å². The highest BCUT2D eigenvalue weighted by molar-refractivity contribution is 5.92. The summed E-state index contributed by atoms with van der Waals surface area (Å²) in [7, 11) is 0. The highest BCUT2D eigenvalue weighted by Crippen LogP contribution is 2.11. The van der Waals surface area contributed by atoms with Crippen molar-refractivity contribution in [1.82, 2.24) is 21.3 Å². The second-order valence-corrected chi connectivity index (χ2v) is 7.64. The van der Waals surface area contributed by atoms with Crippen molar-refractivity contribution in [2.24, 2.45) is 0 Å². The number of aryl methyl sites for hydroxylation is 1. The Morgan fingerprint density at radius 1 is 0.714 bits per heavy atom. The van der Waals surface area contributed by atoms with Crippen molar-refractivity contribution in [3.8, 4) is 5.75 Å². The Morgan fingerprint density at radius 3 is 2.00 bits per heavy atom. The third kappa shape index (κ3) is 10.8. The third-order valence-electron chi connectivity index (χ3n) is 4.82.